The maximum atomic E-state index is 13.2. The molecule has 0 bridgehead atoms. The summed E-state index contributed by atoms with van der Waals surface area (Å²) in [6, 6.07) is 0. The van der Waals surface area contributed by atoms with Gasteiger partial charge in [-0.1, -0.05) is 13.8 Å². The van der Waals surface area contributed by atoms with Crippen molar-refractivity contribution in [2.45, 2.75) is 19.8 Å². The maximum absolute atomic E-state index is 13.2. The van der Waals surface area contributed by atoms with E-state index in [0.29, 0.717) is 0 Å². The third-order valence-corrected chi connectivity index (χ3v) is 1.62. The lowest BCUT2D eigenvalue weighted by Gasteiger charge is -2.15. The van der Waals surface area contributed by atoms with Crippen molar-refractivity contribution in [2.24, 2.45) is 13.0 Å². The molecule has 0 saturated carbocycles. The number of rotatable bonds is 2. The quantitative estimate of drug-likeness (QED) is 0.683. The summed E-state index contributed by atoms with van der Waals surface area (Å²) in [5.41, 5.74) is 0. The minimum atomic E-state index is -2.93. The average Bonchev–Trinajstić information content (AvgIpc) is 2.35. The molecular weight excluding hydrogens is 164 g/mol. The molecule has 0 aromatic carbocycles. The Morgan fingerprint density at radius 1 is 1.50 bits per heavy atom. The number of hydrogen-bond acceptors (Lipinski definition) is 2. The second-order valence-electron chi connectivity index (χ2n) is 3.02. The summed E-state index contributed by atoms with van der Waals surface area (Å²) in [6.45, 7) is 2.88. The molecule has 0 aliphatic carbocycles. The maximum Gasteiger partial charge on any atom is 0.310 e. The highest BCUT2D eigenvalue weighted by molar-refractivity contribution is 4.94. The van der Waals surface area contributed by atoms with Gasteiger partial charge in [-0.25, -0.2) is 4.98 Å². The van der Waals surface area contributed by atoms with Crippen LogP contribution in [0.15, 0.2) is 6.33 Å². The van der Waals surface area contributed by atoms with Gasteiger partial charge in [-0.3, -0.25) is 4.68 Å². The standard InChI is InChI=1S/C7H11F2N3/c1-5(2)7(8,9)6-10-4-12(3)11-6/h4-5H,1-3H3. The Morgan fingerprint density at radius 3 is 2.42 bits per heavy atom. The Bertz CT molecular complexity index is 267. The molecule has 0 unspecified atom stereocenters. The normalized spacial score (nSPS) is 12.5. The van der Waals surface area contributed by atoms with Gasteiger partial charge in [0.15, 0.2) is 0 Å². The predicted molar refractivity (Wildman–Crippen MR) is 39.7 cm³/mol. The Morgan fingerprint density at radius 2 is 2.08 bits per heavy atom. The molecule has 0 radical (unpaired) electrons. The van der Waals surface area contributed by atoms with Crippen LogP contribution in [0.2, 0.25) is 0 Å². The zero-order valence-corrected chi connectivity index (χ0v) is 7.25. The number of alkyl halides is 2. The van der Waals surface area contributed by atoms with Crippen LogP contribution in [0.5, 0.6) is 0 Å². The van der Waals surface area contributed by atoms with Gasteiger partial charge in [0.2, 0.25) is 5.82 Å². The largest absolute Gasteiger partial charge is 0.310 e. The van der Waals surface area contributed by atoms with Crippen LogP contribution in [-0.4, -0.2) is 14.8 Å². The van der Waals surface area contributed by atoms with Crippen LogP contribution >= 0.6 is 0 Å². The first-order valence-corrected chi connectivity index (χ1v) is 3.68. The molecule has 1 heterocycles. The van der Waals surface area contributed by atoms with Gasteiger partial charge in [-0.05, 0) is 0 Å². The van der Waals surface area contributed by atoms with Crippen molar-refractivity contribution in [3.8, 4) is 0 Å². The summed E-state index contributed by atoms with van der Waals surface area (Å²) in [6.07, 6.45) is 1.27. The fourth-order valence-electron chi connectivity index (χ4n) is 0.750. The molecular formula is C7H11F2N3. The molecule has 0 aliphatic heterocycles. The van der Waals surface area contributed by atoms with Crippen molar-refractivity contribution in [1.82, 2.24) is 14.8 Å². The summed E-state index contributed by atoms with van der Waals surface area (Å²) in [7, 11) is 1.56. The lowest BCUT2D eigenvalue weighted by molar-refractivity contribution is -0.0597. The van der Waals surface area contributed by atoms with E-state index in [1.165, 1.54) is 24.9 Å². The van der Waals surface area contributed by atoms with Crippen LogP contribution in [-0.2, 0) is 13.0 Å². The number of aromatic nitrogens is 3. The first-order chi connectivity index (χ1) is 5.44. The Hall–Kier alpha value is -1.00. The zero-order valence-electron chi connectivity index (χ0n) is 7.25. The van der Waals surface area contributed by atoms with Gasteiger partial charge in [0.25, 0.3) is 0 Å². The number of nitrogens with zero attached hydrogens (tertiary/aromatic N) is 3. The smallest absolute Gasteiger partial charge is 0.256 e. The molecule has 0 saturated heterocycles. The first kappa shape index (κ1) is 9.09. The summed E-state index contributed by atoms with van der Waals surface area (Å²) >= 11 is 0. The van der Waals surface area contributed by atoms with Gasteiger partial charge in [0, 0.05) is 13.0 Å². The van der Waals surface area contributed by atoms with Crippen molar-refractivity contribution in [1.29, 1.82) is 0 Å². The molecule has 1 rings (SSSR count). The molecule has 12 heavy (non-hydrogen) atoms. The molecule has 1 aromatic heterocycles. The minimum absolute atomic E-state index is 0.403. The first-order valence-electron chi connectivity index (χ1n) is 3.68. The van der Waals surface area contributed by atoms with Crippen LogP contribution in [0.3, 0.4) is 0 Å². The number of aryl methyl sites for hydroxylation is 1. The van der Waals surface area contributed by atoms with E-state index in [2.05, 4.69) is 10.1 Å². The second-order valence-corrected chi connectivity index (χ2v) is 3.02. The summed E-state index contributed by atoms with van der Waals surface area (Å²) in [5, 5.41) is 3.56. The molecule has 0 atom stereocenters. The van der Waals surface area contributed by atoms with Crippen molar-refractivity contribution in [3.05, 3.63) is 12.2 Å². The monoisotopic (exact) mass is 175 g/mol. The van der Waals surface area contributed by atoms with Gasteiger partial charge < -0.3 is 0 Å². The minimum Gasteiger partial charge on any atom is -0.256 e. The van der Waals surface area contributed by atoms with Gasteiger partial charge in [0.1, 0.15) is 6.33 Å². The van der Waals surface area contributed by atoms with Crippen LogP contribution in [0.25, 0.3) is 0 Å². The molecule has 3 nitrogen and oxygen atoms in total. The van der Waals surface area contributed by atoms with Crippen molar-refractivity contribution < 1.29 is 8.78 Å². The van der Waals surface area contributed by atoms with Gasteiger partial charge in [-0.15, -0.1) is 5.10 Å². The van der Waals surface area contributed by atoms with Crippen LogP contribution in [0.4, 0.5) is 8.78 Å². The highest BCUT2D eigenvalue weighted by atomic mass is 19.3. The Balaban J connectivity index is 2.97. The van der Waals surface area contributed by atoms with E-state index in [4.69, 9.17) is 0 Å². The summed E-state index contributed by atoms with van der Waals surface area (Å²) in [5.74, 6) is -4.11. The fourth-order valence-corrected chi connectivity index (χ4v) is 0.750. The molecule has 0 spiro atoms. The van der Waals surface area contributed by atoms with Gasteiger partial charge in [0.05, 0.1) is 0 Å². The number of hydrogen-bond donors (Lipinski definition) is 0. The lowest BCUT2D eigenvalue weighted by Crippen LogP contribution is -2.22. The summed E-state index contributed by atoms with van der Waals surface area (Å²) < 4.78 is 27.6. The van der Waals surface area contributed by atoms with Crippen molar-refractivity contribution in [3.63, 3.8) is 0 Å². The van der Waals surface area contributed by atoms with Gasteiger partial charge >= 0.3 is 5.92 Å². The third-order valence-electron chi connectivity index (χ3n) is 1.62. The third kappa shape index (κ3) is 1.44. The van der Waals surface area contributed by atoms with E-state index in [1.54, 1.807) is 7.05 Å². The van der Waals surface area contributed by atoms with E-state index in [0.717, 1.165) is 0 Å². The molecule has 0 fully saturated rings. The molecule has 5 heteroatoms. The van der Waals surface area contributed by atoms with E-state index in [9.17, 15) is 8.78 Å². The van der Waals surface area contributed by atoms with E-state index in [-0.39, 0.29) is 0 Å². The highest BCUT2D eigenvalue weighted by Gasteiger charge is 2.39. The van der Waals surface area contributed by atoms with Crippen molar-refractivity contribution in [2.75, 3.05) is 0 Å². The summed E-state index contributed by atoms with van der Waals surface area (Å²) in [4.78, 5) is 3.51. The molecule has 0 amide bonds. The zero-order chi connectivity index (χ0) is 9.35. The molecule has 1 aromatic rings. The van der Waals surface area contributed by atoms with E-state index in [1.807, 2.05) is 0 Å². The molecule has 0 aliphatic rings. The van der Waals surface area contributed by atoms with Crippen LogP contribution in [0.1, 0.15) is 19.7 Å². The van der Waals surface area contributed by atoms with Crippen LogP contribution in [0, 0.1) is 5.92 Å². The highest BCUT2D eigenvalue weighted by Crippen LogP contribution is 2.32. The lowest BCUT2D eigenvalue weighted by atomic mass is 10.1. The number of halogens is 2. The molecule has 68 valence electrons. The van der Waals surface area contributed by atoms with Crippen molar-refractivity contribution >= 4 is 0 Å². The predicted octanol–water partition coefficient (Wildman–Crippen LogP) is 1.56. The topological polar surface area (TPSA) is 30.7 Å². The van der Waals surface area contributed by atoms with Crippen LogP contribution < -0.4 is 0 Å². The SMILES string of the molecule is CC(C)C(F)(F)c1ncn(C)n1. The fraction of sp³-hybridized carbons (Fsp3) is 0.714. The van der Waals surface area contributed by atoms with E-state index >= 15 is 0 Å². The van der Waals surface area contributed by atoms with Gasteiger partial charge in [-0.2, -0.15) is 8.78 Å². The molecule has 0 N–H and O–H groups in total. The average molecular weight is 175 g/mol. The Kier molecular flexibility index (Phi) is 2.12. The van der Waals surface area contributed by atoms with E-state index < -0.39 is 17.7 Å². The Labute approximate surface area is 69.4 Å². The second kappa shape index (κ2) is 2.80.